The molecular formula is C16H26N4O2. The van der Waals surface area contributed by atoms with E-state index in [9.17, 15) is 5.11 Å². The summed E-state index contributed by atoms with van der Waals surface area (Å²) in [6.45, 7) is 2.91. The number of aliphatic hydroxyl groups is 1. The number of rotatable bonds is 6. The molecule has 1 atom stereocenters. The van der Waals surface area contributed by atoms with Crippen molar-refractivity contribution in [3.63, 3.8) is 0 Å². The summed E-state index contributed by atoms with van der Waals surface area (Å²) >= 11 is 0. The second kappa shape index (κ2) is 6.79. The number of aromatic nitrogens is 2. The Hall–Kier alpha value is -1.40. The Morgan fingerprint density at radius 2 is 2.27 bits per heavy atom. The van der Waals surface area contributed by atoms with Gasteiger partial charge in [-0.05, 0) is 38.0 Å². The van der Waals surface area contributed by atoms with E-state index in [-0.39, 0.29) is 12.2 Å². The van der Waals surface area contributed by atoms with Crippen LogP contribution in [0, 0.1) is 5.92 Å². The molecular weight excluding hydrogens is 280 g/mol. The summed E-state index contributed by atoms with van der Waals surface area (Å²) in [5.41, 5.74) is -0.0157. The van der Waals surface area contributed by atoms with E-state index in [1.165, 1.54) is 6.42 Å². The molecule has 1 unspecified atom stereocenters. The van der Waals surface area contributed by atoms with E-state index in [1.54, 1.807) is 13.4 Å². The van der Waals surface area contributed by atoms with Gasteiger partial charge in [0.05, 0.1) is 5.60 Å². The number of anilines is 2. The molecule has 0 spiro atoms. The number of nitrogens with one attached hydrogen (secondary N) is 1. The zero-order valence-corrected chi connectivity index (χ0v) is 13.3. The van der Waals surface area contributed by atoms with Crippen LogP contribution < -0.4 is 10.2 Å². The van der Waals surface area contributed by atoms with Crippen LogP contribution in [0.5, 0.6) is 0 Å². The van der Waals surface area contributed by atoms with Gasteiger partial charge < -0.3 is 20.1 Å². The van der Waals surface area contributed by atoms with Crippen molar-refractivity contribution in [3.8, 4) is 0 Å². The average molecular weight is 306 g/mol. The normalized spacial score (nSPS) is 23.9. The molecule has 0 bridgehead atoms. The van der Waals surface area contributed by atoms with E-state index in [1.807, 2.05) is 6.07 Å². The molecule has 6 nitrogen and oxygen atoms in total. The van der Waals surface area contributed by atoms with Crippen molar-refractivity contribution in [3.05, 3.63) is 12.4 Å². The van der Waals surface area contributed by atoms with Crippen molar-refractivity contribution < 1.29 is 9.84 Å². The number of hydrogen-bond donors (Lipinski definition) is 2. The number of methoxy groups -OCH3 is 1. The molecule has 0 radical (unpaired) electrons. The van der Waals surface area contributed by atoms with Crippen molar-refractivity contribution in [2.45, 2.75) is 37.7 Å². The van der Waals surface area contributed by atoms with Crippen LogP contribution in [0.15, 0.2) is 12.4 Å². The molecule has 1 aliphatic carbocycles. The fourth-order valence-corrected chi connectivity index (χ4v) is 3.31. The number of piperidine rings is 1. The van der Waals surface area contributed by atoms with Crippen molar-refractivity contribution in [2.24, 2.45) is 5.92 Å². The van der Waals surface area contributed by atoms with Crippen molar-refractivity contribution >= 4 is 11.6 Å². The fraction of sp³-hybridized carbons (Fsp3) is 0.750. The zero-order valence-electron chi connectivity index (χ0n) is 13.3. The molecule has 122 valence electrons. The summed E-state index contributed by atoms with van der Waals surface area (Å²) in [6.07, 6.45) is 7.27. The topological polar surface area (TPSA) is 70.5 Å². The highest BCUT2D eigenvalue weighted by atomic mass is 16.5. The van der Waals surface area contributed by atoms with E-state index in [0.717, 1.165) is 57.0 Å². The van der Waals surface area contributed by atoms with Crippen LogP contribution >= 0.6 is 0 Å². The summed E-state index contributed by atoms with van der Waals surface area (Å²) in [6, 6.07) is 2.00. The van der Waals surface area contributed by atoms with Gasteiger partial charge in [-0.25, -0.2) is 9.97 Å². The Morgan fingerprint density at radius 3 is 2.95 bits per heavy atom. The predicted molar refractivity (Wildman–Crippen MR) is 86.1 cm³/mol. The second-order valence-electron chi connectivity index (χ2n) is 6.49. The highest BCUT2D eigenvalue weighted by Crippen LogP contribution is 2.35. The largest absolute Gasteiger partial charge is 0.396 e. The van der Waals surface area contributed by atoms with Gasteiger partial charge in [0.2, 0.25) is 0 Å². The van der Waals surface area contributed by atoms with Crippen LogP contribution in [0.2, 0.25) is 0 Å². The van der Waals surface area contributed by atoms with Gasteiger partial charge in [-0.15, -0.1) is 0 Å². The first-order valence-electron chi connectivity index (χ1n) is 8.21. The third kappa shape index (κ3) is 3.33. The molecule has 2 fully saturated rings. The number of aliphatic hydroxyl groups excluding tert-OH is 1. The van der Waals surface area contributed by atoms with Crippen LogP contribution in [0.1, 0.15) is 32.1 Å². The monoisotopic (exact) mass is 306 g/mol. The lowest BCUT2D eigenvalue weighted by Gasteiger charge is -2.40. The van der Waals surface area contributed by atoms with Crippen molar-refractivity contribution in [2.75, 3.05) is 43.6 Å². The Kier molecular flexibility index (Phi) is 4.78. The lowest BCUT2D eigenvalue weighted by molar-refractivity contribution is -0.0601. The number of nitrogens with zero attached hydrogens (tertiary/aromatic N) is 3. The standard InChI is InChI=1S/C16H26N4O2/c1-22-16(5-3-6-16)11-17-14-8-15(19-12-18-14)20-7-2-4-13(9-20)10-21/h8,12-13,21H,2-7,9-11H2,1H3,(H,17,18,19). The third-order valence-corrected chi connectivity index (χ3v) is 5.04. The molecule has 22 heavy (non-hydrogen) atoms. The van der Waals surface area contributed by atoms with Crippen LogP contribution in [0.25, 0.3) is 0 Å². The summed E-state index contributed by atoms with van der Waals surface area (Å²) in [5, 5.41) is 12.7. The van der Waals surface area contributed by atoms with Gasteiger partial charge >= 0.3 is 0 Å². The quantitative estimate of drug-likeness (QED) is 0.833. The molecule has 6 heteroatoms. The highest BCUT2D eigenvalue weighted by Gasteiger charge is 2.36. The first-order chi connectivity index (χ1) is 10.7. The summed E-state index contributed by atoms with van der Waals surface area (Å²) < 4.78 is 5.63. The smallest absolute Gasteiger partial charge is 0.134 e. The lowest BCUT2D eigenvalue weighted by Crippen LogP contribution is -2.45. The molecule has 0 amide bonds. The van der Waals surface area contributed by atoms with E-state index in [4.69, 9.17) is 4.74 Å². The van der Waals surface area contributed by atoms with E-state index < -0.39 is 0 Å². The Bertz CT molecular complexity index is 487. The molecule has 2 N–H and O–H groups in total. The Morgan fingerprint density at radius 1 is 1.41 bits per heavy atom. The Labute approximate surface area is 131 Å². The van der Waals surface area contributed by atoms with Gasteiger partial charge in [-0.2, -0.15) is 0 Å². The van der Waals surface area contributed by atoms with Crippen molar-refractivity contribution in [1.82, 2.24) is 9.97 Å². The first kappa shape index (κ1) is 15.5. The molecule has 2 heterocycles. The van der Waals surface area contributed by atoms with Gasteiger partial charge in [0.1, 0.15) is 18.0 Å². The van der Waals surface area contributed by atoms with Crippen LogP contribution in [-0.2, 0) is 4.74 Å². The number of ether oxygens (including phenoxy) is 1. The third-order valence-electron chi connectivity index (χ3n) is 5.04. The first-order valence-corrected chi connectivity index (χ1v) is 8.21. The minimum Gasteiger partial charge on any atom is -0.396 e. The summed E-state index contributed by atoms with van der Waals surface area (Å²) in [4.78, 5) is 11.0. The lowest BCUT2D eigenvalue weighted by atomic mass is 9.80. The minimum atomic E-state index is -0.0157. The minimum absolute atomic E-state index is 0.0157. The van der Waals surface area contributed by atoms with Crippen LogP contribution in [-0.4, -0.2) is 54.0 Å². The van der Waals surface area contributed by atoms with Gasteiger partial charge in [0.15, 0.2) is 0 Å². The van der Waals surface area contributed by atoms with E-state index in [2.05, 4.69) is 20.2 Å². The predicted octanol–water partition coefficient (Wildman–Crippen LogP) is 1.67. The molecule has 1 saturated heterocycles. The van der Waals surface area contributed by atoms with Crippen LogP contribution in [0.3, 0.4) is 0 Å². The van der Waals surface area contributed by atoms with Gasteiger partial charge in [-0.1, -0.05) is 0 Å². The highest BCUT2D eigenvalue weighted by molar-refractivity contribution is 5.49. The van der Waals surface area contributed by atoms with Crippen LogP contribution in [0.4, 0.5) is 11.6 Å². The molecule has 2 aliphatic rings. The van der Waals surface area contributed by atoms with Gasteiger partial charge in [-0.3, -0.25) is 0 Å². The average Bonchev–Trinajstić information content (AvgIpc) is 2.55. The molecule has 3 rings (SSSR count). The molecule has 1 aromatic heterocycles. The summed E-state index contributed by atoms with van der Waals surface area (Å²) in [5.74, 6) is 2.14. The Balaban J connectivity index is 1.62. The molecule has 1 saturated carbocycles. The fourth-order valence-electron chi connectivity index (χ4n) is 3.31. The van der Waals surface area contributed by atoms with Gasteiger partial charge in [0.25, 0.3) is 0 Å². The maximum atomic E-state index is 9.36. The van der Waals surface area contributed by atoms with Gasteiger partial charge in [0, 0.05) is 39.4 Å². The number of hydrogen-bond acceptors (Lipinski definition) is 6. The molecule has 1 aliphatic heterocycles. The maximum Gasteiger partial charge on any atom is 0.134 e. The maximum absolute atomic E-state index is 9.36. The van der Waals surface area contributed by atoms with E-state index >= 15 is 0 Å². The van der Waals surface area contributed by atoms with Crippen molar-refractivity contribution in [1.29, 1.82) is 0 Å². The molecule has 0 aromatic carbocycles. The summed E-state index contributed by atoms with van der Waals surface area (Å²) in [7, 11) is 1.79. The van der Waals surface area contributed by atoms with E-state index in [0.29, 0.717) is 5.92 Å². The second-order valence-corrected chi connectivity index (χ2v) is 6.49. The molecule has 1 aromatic rings. The zero-order chi connectivity index (χ0) is 15.4. The SMILES string of the molecule is COC1(CNc2cc(N3CCCC(CO)C3)ncn2)CCC1.